The van der Waals surface area contributed by atoms with E-state index in [1.165, 1.54) is 0 Å². The molecule has 0 unspecified atom stereocenters. The molecule has 0 saturated heterocycles. The van der Waals surface area contributed by atoms with Crippen LogP contribution in [0.25, 0.3) is 5.69 Å². The number of rotatable bonds is 7. The molecule has 0 aliphatic heterocycles. The Hall–Kier alpha value is -3.28. The predicted molar refractivity (Wildman–Crippen MR) is 113 cm³/mol. The number of phenolic OH excluding ortho intramolecular Hbond substituents is 1. The molecule has 0 saturated carbocycles. The van der Waals surface area contributed by atoms with Crippen LogP contribution in [0.3, 0.4) is 0 Å². The quantitative estimate of drug-likeness (QED) is 0.490. The fraction of sp³-hybridized carbons (Fsp3) is 0.273. The zero-order valence-corrected chi connectivity index (χ0v) is 16.4. The molecule has 0 atom stereocenters. The molecule has 0 fully saturated rings. The molecule has 2 N–H and O–H groups in total. The molecule has 6 nitrogen and oxygen atoms in total. The molecular formula is C22H27N5O. The van der Waals surface area contributed by atoms with Crippen LogP contribution in [0.1, 0.15) is 18.1 Å². The van der Waals surface area contributed by atoms with E-state index in [2.05, 4.69) is 22.2 Å². The Labute approximate surface area is 166 Å². The van der Waals surface area contributed by atoms with E-state index >= 15 is 0 Å². The lowest BCUT2D eigenvalue weighted by atomic mass is 10.1. The summed E-state index contributed by atoms with van der Waals surface area (Å²) in [5, 5.41) is 17.4. The van der Waals surface area contributed by atoms with Gasteiger partial charge in [0.15, 0.2) is 5.96 Å². The summed E-state index contributed by atoms with van der Waals surface area (Å²) in [5.41, 5.74) is 3.24. The average molecular weight is 377 g/mol. The molecule has 0 amide bonds. The number of nitrogens with one attached hydrogen (secondary N) is 1. The summed E-state index contributed by atoms with van der Waals surface area (Å²) >= 11 is 0. The maximum atomic E-state index is 9.58. The van der Waals surface area contributed by atoms with Crippen molar-refractivity contribution in [2.75, 3.05) is 20.1 Å². The lowest BCUT2D eigenvalue weighted by Crippen LogP contribution is -2.38. The van der Waals surface area contributed by atoms with Gasteiger partial charge in [-0.2, -0.15) is 5.10 Å². The molecular weight excluding hydrogens is 350 g/mol. The van der Waals surface area contributed by atoms with E-state index in [0.717, 1.165) is 35.7 Å². The number of hydrogen-bond donors (Lipinski definition) is 2. The number of aromatic hydroxyl groups is 1. The van der Waals surface area contributed by atoms with Crippen molar-refractivity contribution in [3.8, 4) is 11.4 Å². The maximum absolute atomic E-state index is 9.58. The molecule has 2 aromatic carbocycles. The van der Waals surface area contributed by atoms with Crippen LogP contribution in [-0.4, -0.2) is 45.9 Å². The number of aromatic nitrogens is 2. The fourth-order valence-electron chi connectivity index (χ4n) is 2.98. The Morgan fingerprint density at radius 3 is 2.71 bits per heavy atom. The van der Waals surface area contributed by atoms with Crippen molar-refractivity contribution in [3.63, 3.8) is 0 Å². The molecule has 28 heavy (non-hydrogen) atoms. The van der Waals surface area contributed by atoms with Gasteiger partial charge in [-0.05, 0) is 43.2 Å². The van der Waals surface area contributed by atoms with Crippen LogP contribution in [0.4, 0.5) is 0 Å². The van der Waals surface area contributed by atoms with Gasteiger partial charge in [-0.3, -0.25) is 4.99 Å². The summed E-state index contributed by atoms with van der Waals surface area (Å²) in [6.07, 6.45) is 4.71. The van der Waals surface area contributed by atoms with Crippen LogP contribution in [-0.2, 0) is 13.0 Å². The third-order valence-corrected chi connectivity index (χ3v) is 4.35. The van der Waals surface area contributed by atoms with Crippen molar-refractivity contribution in [1.82, 2.24) is 20.0 Å². The zero-order chi connectivity index (χ0) is 19.8. The second kappa shape index (κ2) is 9.60. The standard InChI is InChI=1S/C22H27N5O/c1-3-23-22(24-13-12-18-8-7-11-21(28)14-18)26(2)16-19-15-25-27(17-19)20-9-5-4-6-10-20/h4-11,14-15,17,28H,3,12-13,16H2,1-2H3,(H,23,24). The molecule has 0 spiro atoms. The van der Waals surface area contributed by atoms with Gasteiger partial charge in [0.25, 0.3) is 0 Å². The van der Waals surface area contributed by atoms with E-state index in [9.17, 15) is 5.11 Å². The molecule has 0 aliphatic rings. The van der Waals surface area contributed by atoms with Crippen molar-refractivity contribution >= 4 is 5.96 Å². The summed E-state index contributed by atoms with van der Waals surface area (Å²) in [4.78, 5) is 6.82. The van der Waals surface area contributed by atoms with E-state index in [0.29, 0.717) is 18.8 Å². The van der Waals surface area contributed by atoms with Crippen molar-refractivity contribution in [3.05, 3.63) is 78.1 Å². The first-order valence-electron chi connectivity index (χ1n) is 9.52. The van der Waals surface area contributed by atoms with Crippen molar-refractivity contribution in [2.45, 2.75) is 19.9 Å². The highest BCUT2D eigenvalue weighted by molar-refractivity contribution is 5.79. The number of aliphatic imine (C=N–C) groups is 1. The summed E-state index contributed by atoms with van der Waals surface area (Å²) < 4.78 is 1.88. The minimum atomic E-state index is 0.293. The molecule has 1 heterocycles. The highest BCUT2D eigenvalue weighted by atomic mass is 16.3. The first kappa shape index (κ1) is 19.5. The topological polar surface area (TPSA) is 65.7 Å². The summed E-state index contributed by atoms with van der Waals surface area (Å²) in [7, 11) is 2.02. The van der Waals surface area contributed by atoms with Crippen molar-refractivity contribution < 1.29 is 5.11 Å². The first-order valence-corrected chi connectivity index (χ1v) is 9.52. The average Bonchev–Trinajstić information content (AvgIpc) is 3.16. The molecule has 3 aromatic rings. The Kier molecular flexibility index (Phi) is 6.68. The second-order valence-electron chi connectivity index (χ2n) is 6.64. The first-order chi connectivity index (χ1) is 13.7. The normalized spacial score (nSPS) is 11.4. The smallest absolute Gasteiger partial charge is 0.193 e. The van der Waals surface area contributed by atoms with Gasteiger partial charge in [-0.15, -0.1) is 0 Å². The Morgan fingerprint density at radius 1 is 1.14 bits per heavy atom. The number of benzene rings is 2. The maximum Gasteiger partial charge on any atom is 0.193 e. The molecule has 3 rings (SSSR count). The summed E-state index contributed by atoms with van der Waals surface area (Å²) in [5.74, 6) is 1.15. The number of phenols is 1. The lowest BCUT2D eigenvalue weighted by Gasteiger charge is -2.21. The van der Waals surface area contributed by atoms with E-state index in [-0.39, 0.29) is 0 Å². The molecule has 0 radical (unpaired) electrons. The van der Waals surface area contributed by atoms with Gasteiger partial charge in [0.1, 0.15) is 5.75 Å². The molecule has 6 heteroatoms. The van der Waals surface area contributed by atoms with Crippen molar-refractivity contribution in [2.24, 2.45) is 4.99 Å². The van der Waals surface area contributed by atoms with Crippen LogP contribution in [0, 0.1) is 0 Å². The molecule has 1 aromatic heterocycles. The minimum absolute atomic E-state index is 0.293. The number of hydrogen-bond acceptors (Lipinski definition) is 3. The van der Waals surface area contributed by atoms with E-state index in [4.69, 9.17) is 4.99 Å². The van der Waals surface area contributed by atoms with Gasteiger partial charge in [0.2, 0.25) is 0 Å². The third kappa shape index (κ3) is 5.36. The van der Waals surface area contributed by atoms with Gasteiger partial charge in [-0.1, -0.05) is 30.3 Å². The SMILES string of the molecule is CCNC(=NCCc1cccc(O)c1)N(C)Cc1cnn(-c2ccccc2)c1. The Balaban J connectivity index is 1.62. The van der Waals surface area contributed by atoms with Crippen LogP contribution in [0.2, 0.25) is 0 Å². The van der Waals surface area contributed by atoms with Gasteiger partial charge in [0.05, 0.1) is 11.9 Å². The summed E-state index contributed by atoms with van der Waals surface area (Å²) in [6, 6.07) is 17.4. The number of para-hydroxylation sites is 1. The number of guanidine groups is 1. The second-order valence-corrected chi connectivity index (χ2v) is 6.64. The van der Waals surface area contributed by atoms with Crippen LogP contribution >= 0.6 is 0 Å². The highest BCUT2D eigenvalue weighted by Gasteiger charge is 2.09. The van der Waals surface area contributed by atoms with Crippen LogP contribution < -0.4 is 5.32 Å². The molecule has 0 bridgehead atoms. The molecule has 0 aliphatic carbocycles. The van der Waals surface area contributed by atoms with E-state index in [1.807, 2.05) is 66.6 Å². The Morgan fingerprint density at radius 2 is 1.96 bits per heavy atom. The molecule has 146 valence electrons. The van der Waals surface area contributed by atoms with Crippen molar-refractivity contribution in [1.29, 1.82) is 0 Å². The fourth-order valence-corrected chi connectivity index (χ4v) is 2.98. The lowest BCUT2D eigenvalue weighted by molar-refractivity contribution is 0.474. The van der Waals surface area contributed by atoms with Crippen LogP contribution in [0.15, 0.2) is 72.0 Å². The van der Waals surface area contributed by atoms with E-state index in [1.54, 1.807) is 12.1 Å². The van der Waals surface area contributed by atoms with Gasteiger partial charge >= 0.3 is 0 Å². The van der Waals surface area contributed by atoms with Gasteiger partial charge in [-0.25, -0.2) is 4.68 Å². The zero-order valence-electron chi connectivity index (χ0n) is 16.4. The van der Waals surface area contributed by atoms with Gasteiger partial charge in [0, 0.05) is 38.4 Å². The highest BCUT2D eigenvalue weighted by Crippen LogP contribution is 2.12. The summed E-state index contributed by atoms with van der Waals surface area (Å²) in [6.45, 7) is 4.23. The predicted octanol–water partition coefficient (Wildman–Crippen LogP) is 3.22. The third-order valence-electron chi connectivity index (χ3n) is 4.35. The van der Waals surface area contributed by atoms with Gasteiger partial charge < -0.3 is 15.3 Å². The minimum Gasteiger partial charge on any atom is -0.508 e. The Bertz CT molecular complexity index is 904. The largest absolute Gasteiger partial charge is 0.508 e. The monoisotopic (exact) mass is 377 g/mol. The van der Waals surface area contributed by atoms with E-state index < -0.39 is 0 Å². The number of nitrogens with zero attached hydrogens (tertiary/aromatic N) is 4. The van der Waals surface area contributed by atoms with Crippen LogP contribution in [0.5, 0.6) is 5.75 Å².